The van der Waals surface area contributed by atoms with E-state index in [1.165, 1.54) is 12.1 Å². The third kappa shape index (κ3) is 3.53. The van der Waals surface area contributed by atoms with Crippen LogP contribution < -0.4 is 5.32 Å². The molecule has 0 aliphatic carbocycles. The Morgan fingerprint density at radius 1 is 1.00 bits per heavy atom. The first-order valence-electron chi connectivity index (χ1n) is 6.79. The van der Waals surface area contributed by atoms with Crippen molar-refractivity contribution in [2.24, 2.45) is 0 Å². The molecule has 0 bridgehead atoms. The van der Waals surface area contributed by atoms with Gasteiger partial charge in [-0.25, -0.2) is 0 Å². The predicted octanol–water partition coefficient (Wildman–Crippen LogP) is 3.38. The van der Waals surface area contributed by atoms with E-state index >= 15 is 0 Å². The summed E-state index contributed by atoms with van der Waals surface area (Å²) in [6, 6.07) is 13.9. The highest BCUT2D eigenvalue weighted by Gasteiger charge is 2.14. The van der Waals surface area contributed by atoms with Crippen molar-refractivity contribution in [1.82, 2.24) is 5.32 Å². The molecular weight excluding hydrogens is 264 g/mol. The molecule has 2 atom stereocenters. The Bertz CT molecular complexity index is 659. The van der Waals surface area contributed by atoms with Crippen LogP contribution in [-0.2, 0) is 0 Å². The molecule has 3 N–H and O–H groups in total. The molecule has 0 radical (unpaired) electrons. The Morgan fingerprint density at radius 2 is 1.67 bits per heavy atom. The molecule has 108 valence electrons. The summed E-state index contributed by atoms with van der Waals surface area (Å²) in [5.74, 6) is 0.280. The number of benzene rings is 2. The second kappa shape index (κ2) is 6.29. The summed E-state index contributed by atoms with van der Waals surface area (Å²) in [5, 5.41) is 31.6. The van der Waals surface area contributed by atoms with Gasteiger partial charge in [-0.3, -0.25) is 0 Å². The van der Waals surface area contributed by atoms with E-state index in [0.29, 0.717) is 11.1 Å². The Morgan fingerprint density at radius 3 is 2.29 bits per heavy atom. The standard InChI is InChI=1S/C17H18N2O2/c1-11(14-5-3-13(10-18)4-6-14)19-12(2)16-9-15(20)7-8-17(16)21/h3-9,11-12,19-21H,1-2H3. The lowest BCUT2D eigenvalue weighted by Gasteiger charge is -2.21. The van der Waals surface area contributed by atoms with Crippen molar-refractivity contribution in [1.29, 1.82) is 5.26 Å². The highest BCUT2D eigenvalue weighted by atomic mass is 16.3. The Labute approximate surface area is 124 Å². The molecule has 2 aromatic carbocycles. The fourth-order valence-corrected chi connectivity index (χ4v) is 2.30. The van der Waals surface area contributed by atoms with Crippen LogP contribution in [0.5, 0.6) is 11.5 Å². The Kier molecular flexibility index (Phi) is 4.46. The van der Waals surface area contributed by atoms with Crippen LogP contribution in [0.25, 0.3) is 0 Å². The maximum Gasteiger partial charge on any atom is 0.120 e. The van der Waals surface area contributed by atoms with Gasteiger partial charge in [0.2, 0.25) is 0 Å². The third-order valence-corrected chi connectivity index (χ3v) is 3.52. The van der Waals surface area contributed by atoms with Gasteiger partial charge in [-0.2, -0.15) is 5.26 Å². The van der Waals surface area contributed by atoms with Gasteiger partial charge in [-0.1, -0.05) is 12.1 Å². The van der Waals surface area contributed by atoms with Crippen molar-refractivity contribution in [3.8, 4) is 17.6 Å². The van der Waals surface area contributed by atoms with Crippen molar-refractivity contribution >= 4 is 0 Å². The number of hydrogen-bond donors (Lipinski definition) is 3. The molecule has 0 spiro atoms. The monoisotopic (exact) mass is 282 g/mol. The molecule has 2 aromatic rings. The molecule has 2 unspecified atom stereocenters. The lowest BCUT2D eigenvalue weighted by Crippen LogP contribution is -2.22. The molecule has 0 heterocycles. The first-order chi connectivity index (χ1) is 10.0. The molecule has 0 aromatic heterocycles. The number of phenols is 2. The lowest BCUT2D eigenvalue weighted by molar-refractivity contribution is 0.429. The van der Waals surface area contributed by atoms with Crippen LogP contribution in [0.3, 0.4) is 0 Å². The van der Waals surface area contributed by atoms with Gasteiger partial charge in [0.25, 0.3) is 0 Å². The molecule has 4 heteroatoms. The summed E-state index contributed by atoms with van der Waals surface area (Å²) in [5.41, 5.74) is 2.33. The zero-order valence-electron chi connectivity index (χ0n) is 12.0. The van der Waals surface area contributed by atoms with E-state index in [9.17, 15) is 10.2 Å². The zero-order chi connectivity index (χ0) is 15.4. The fourth-order valence-electron chi connectivity index (χ4n) is 2.30. The highest BCUT2D eigenvalue weighted by Crippen LogP contribution is 2.29. The van der Waals surface area contributed by atoms with Gasteiger partial charge >= 0.3 is 0 Å². The fraction of sp³-hybridized carbons (Fsp3) is 0.235. The maximum absolute atomic E-state index is 9.87. The topological polar surface area (TPSA) is 76.3 Å². The number of nitriles is 1. The van der Waals surface area contributed by atoms with E-state index in [4.69, 9.17) is 5.26 Å². The van der Waals surface area contributed by atoms with Gasteiger partial charge < -0.3 is 15.5 Å². The van der Waals surface area contributed by atoms with Crippen LogP contribution in [0.1, 0.15) is 42.6 Å². The Balaban J connectivity index is 2.12. The number of nitrogens with one attached hydrogen (secondary N) is 1. The van der Waals surface area contributed by atoms with Crippen LogP contribution in [0.4, 0.5) is 0 Å². The van der Waals surface area contributed by atoms with Crippen LogP contribution in [-0.4, -0.2) is 10.2 Å². The number of hydrogen-bond acceptors (Lipinski definition) is 4. The molecule has 0 aliphatic heterocycles. The second-order valence-corrected chi connectivity index (χ2v) is 5.09. The van der Waals surface area contributed by atoms with Crippen molar-refractivity contribution < 1.29 is 10.2 Å². The van der Waals surface area contributed by atoms with Crippen LogP contribution in [0.2, 0.25) is 0 Å². The number of nitrogens with zero attached hydrogens (tertiary/aromatic N) is 1. The van der Waals surface area contributed by atoms with E-state index in [1.807, 2.05) is 26.0 Å². The molecular formula is C17H18N2O2. The van der Waals surface area contributed by atoms with Gasteiger partial charge in [0.15, 0.2) is 0 Å². The van der Waals surface area contributed by atoms with Gasteiger partial charge in [0, 0.05) is 17.6 Å². The normalized spacial score (nSPS) is 13.4. The minimum absolute atomic E-state index is 0.0505. The molecule has 2 rings (SSSR count). The first kappa shape index (κ1) is 14.9. The second-order valence-electron chi connectivity index (χ2n) is 5.09. The summed E-state index contributed by atoms with van der Waals surface area (Å²) in [6.45, 7) is 3.94. The SMILES string of the molecule is CC(NC(C)c1cc(O)ccc1O)c1ccc(C#N)cc1. The first-order valence-corrected chi connectivity index (χ1v) is 6.79. The molecule has 0 aliphatic rings. The molecule has 0 saturated carbocycles. The summed E-state index contributed by atoms with van der Waals surface area (Å²) < 4.78 is 0. The van der Waals surface area contributed by atoms with Crippen molar-refractivity contribution in [3.05, 3.63) is 59.2 Å². The number of phenolic OH excluding ortho intramolecular Hbond substituents is 2. The molecule has 4 nitrogen and oxygen atoms in total. The molecule has 0 saturated heterocycles. The van der Waals surface area contributed by atoms with Crippen molar-refractivity contribution in [3.63, 3.8) is 0 Å². The quantitative estimate of drug-likeness (QED) is 0.751. The van der Waals surface area contributed by atoms with Crippen LogP contribution in [0, 0.1) is 11.3 Å². The van der Waals surface area contributed by atoms with Gasteiger partial charge in [0.1, 0.15) is 11.5 Å². The maximum atomic E-state index is 9.87. The lowest BCUT2D eigenvalue weighted by atomic mass is 10.0. The average molecular weight is 282 g/mol. The van der Waals surface area contributed by atoms with E-state index in [1.54, 1.807) is 18.2 Å². The molecule has 0 amide bonds. The summed E-state index contributed by atoms with van der Waals surface area (Å²) >= 11 is 0. The van der Waals surface area contributed by atoms with E-state index in [2.05, 4.69) is 11.4 Å². The van der Waals surface area contributed by atoms with E-state index < -0.39 is 0 Å². The van der Waals surface area contributed by atoms with Gasteiger partial charge in [-0.05, 0) is 49.7 Å². The summed E-state index contributed by atoms with van der Waals surface area (Å²) in [6.07, 6.45) is 0. The summed E-state index contributed by atoms with van der Waals surface area (Å²) in [4.78, 5) is 0. The highest BCUT2D eigenvalue weighted by molar-refractivity contribution is 5.40. The third-order valence-electron chi connectivity index (χ3n) is 3.52. The number of rotatable bonds is 4. The average Bonchev–Trinajstić information content (AvgIpc) is 2.49. The zero-order valence-corrected chi connectivity index (χ0v) is 12.0. The Hall–Kier alpha value is -2.51. The van der Waals surface area contributed by atoms with Crippen LogP contribution in [0.15, 0.2) is 42.5 Å². The molecule has 0 fully saturated rings. The largest absolute Gasteiger partial charge is 0.508 e. The smallest absolute Gasteiger partial charge is 0.120 e. The van der Waals surface area contributed by atoms with E-state index in [-0.39, 0.29) is 23.6 Å². The molecule has 21 heavy (non-hydrogen) atoms. The minimum atomic E-state index is -0.122. The van der Waals surface area contributed by atoms with Gasteiger partial charge in [0.05, 0.1) is 11.6 Å². The predicted molar refractivity (Wildman–Crippen MR) is 80.9 cm³/mol. The number of aromatic hydroxyl groups is 2. The van der Waals surface area contributed by atoms with Crippen LogP contribution >= 0.6 is 0 Å². The summed E-state index contributed by atoms with van der Waals surface area (Å²) in [7, 11) is 0. The minimum Gasteiger partial charge on any atom is -0.508 e. The van der Waals surface area contributed by atoms with Gasteiger partial charge in [-0.15, -0.1) is 0 Å². The van der Waals surface area contributed by atoms with Crippen molar-refractivity contribution in [2.75, 3.05) is 0 Å². The van der Waals surface area contributed by atoms with E-state index in [0.717, 1.165) is 5.56 Å². The van der Waals surface area contributed by atoms with Crippen molar-refractivity contribution in [2.45, 2.75) is 25.9 Å².